The lowest BCUT2D eigenvalue weighted by molar-refractivity contribution is 0.105. The second-order valence-electron chi connectivity index (χ2n) is 7.50. The summed E-state index contributed by atoms with van der Waals surface area (Å²) in [6, 6.07) is 21.2. The van der Waals surface area contributed by atoms with Crippen LogP contribution in [0.5, 0.6) is 17.2 Å². The molecule has 0 atom stereocenters. The summed E-state index contributed by atoms with van der Waals surface area (Å²) in [4.78, 5) is 13.8. The molecule has 3 aromatic carbocycles. The first kappa shape index (κ1) is 22.2. The highest BCUT2D eigenvalue weighted by Crippen LogP contribution is 2.40. The lowest BCUT2D eigenvalue weighted by atomic mass is 9.79. The van der Waals surface area contributed by atoms with Crippen molar-refractivity contribution in [2.24, 2.45) is 0 Å². The quantitative estimate of drug-likeness (QED) is 0.276. The van der Waals surface area contributed by atoms with Gasteiger partial charge in [-0.2, -0.15) is 0 Å². The molecule has 1 aliphatic rings. The minimum atomic E-state index is 0.00831. The molecule has 0 amide bonds. The second kappa shape index (κ2) is 10.0. The lowest BCUT2D eigenvalue weighted by Crippen LogP contribution is -2.13. The van der Waals surface area contributed by atoms with Crippen molar-refractivity contribution in [1.29, 1.82) is 0 Å². The Hall–Kier alpha value is -3.05. The molecule has 1 aliphatic carbocycles. The van der Waals surface area contributed by atoms with Crippen molar-refractivity contribution in [1.82, 2.24) is 0 Å². The minimum absolute atomic E-state index is 0.00831. The number of ether oxygens (including phenoxy) is 3. The number of hydrogen-bond acceptors (Lipinski definition) is 4. The minimum Gasteiger partial charge on any atom is -0.497 e. The normalized spacial score (nSPS) is 12.8. The largest absolute Gasteiger partial charge is 0.497 e. The second-order valence-corrected chi connectivity index (χ2v) is 8.29. The molecule has 0 radical (unpaired) electrons. The number of fused-ring (bicyclic) bond motifs is 1. The summed E-state index contributed by atoms with van der Waals surface area (Å²) in [6.07, 6.45) is 1.63. The molecule has 5 heteroatoms. The number of rotatable bonds is 8. The van der Waals surface area contributed by atoms with Gasteiger partial charge in [0.1, 0.15) is 17.2 Å². The Kier molecular flexibility index (Phi) is 6.96. The maximum Gasteiger partial charge on any atom is 0.193 e. The first-order valence-corrected chi connectivity index (χ1v) is 11.6. The van der Waals surface area contributed by atoms with Gasteiger partial charge in [-0.1, -0.05) is 34.1 Å². The van der Waals surface area contributed by atoms with Crippen molar-refractivity contribution in [3.05, 3.63) is 89.0 Å². The highest BCUT2D eigenvalue weighted by Gasteiger charge is 2.26. The number of allylic oxidation sites excluding steroid dienone is 2. The summed E-state index contributed by atoms with van der Waals surface area (Å²) < 4.78 is 16.4. The van der Waals surface area contributed by atoms with E-state index in [4.69, 9.17) is 14.2 Å². The van der Waals surface area contributed by atoms with Crippen LogP contribution in [0, 0.1) is 0 Å². The van der Waals surface area contributed by atoms with E-state index in [2.05, 4.69) is 15.9 Å². The maximum atomic E-state index is 13.8. The van der Waals surface area contributed by atoms with Crippen LogP contribution in [-0.4, -0.2) is 31.9 Å². The van der Waals surface area contributed by atoms with Gasteiger partial charge in [-0.25, -0.2) is 0 Å². The number of benzene rings is 3. The monoisotopic (exact) mass is 492 g/mol. The molecule has 0 saturated heterocycles. The standard InChI is InChI=1S/C27H25BrO4/c1-30-21-8-3-18(4-9-21)24-13-7-20-17-23(31-2)12-14-25(20)26(24)27(29)19-5-10-22(11-6-19)32-16-15-28/h3-6,8-12,14,17H,7,13,15-16H2,1-2H3. The Labute approximate surface area is 197 Å². The van der Waals surface area contributed by atoms with Gasteiger partial charge in [0.25, 0.3) is 0 Å². The van der Waals surface area contributed by atoms with E-state index >= 15 is 0 Å². The van der Waals surface area contributed by atoms with Gasteiger partial charge >= 0.3 is 0 Å². The Morgan fingerprint density at radius 3 is 2.16 bits per heavy atom. The summed E-state index contributed by atoms with van der Waals surface area (Å²) in [6.45, 7) is 0.579. The summed E-state index contributed by atoms with van der Waals surface area (Å²) in [5, 5.41) is 0.756. The molecule has 0 bridgehead atoms. The molecule has 3 aromatic rings. The van der Waals surface area contributed by atoms with Gasteiger partial charge in [-0.05, 0) is 83.6 Å². The number of carbonyl (C=O) groups is 1. The van der Waals surface area contributed by atoms with E-state index in [1.54, 1.807) is 14.2 Å². The van der Waals surface area contributed by atoms with Crippen LogP contribution in [0.2, 0.25) is 0 Å². The van der Waals surface area contributed by atoms with Gasteiger partial charge in [0, 0.05) is 16.5 Å². The number of aryl methyl sites for hydroxylation is 1. The summed E-state index contributed by atoms with van der Waals surface area (Å²) >= 11 is 3.36. The molecule has 0 unspecified atom stereocenters. The molecular weight excluding hydrogens is 468 g/mol. The Bertz CT molecular complexity index is 1130. The number of hydrogen-bond donors (Lipinski definition) is 0. The van der Waals surface area contributed by atoms with Crippen LogP contribution in [0.15, 0.2) is 66.7 Å². The number of methoxy groups -OCH3 is 2. The topological polar surface area (TPSA) is 44.8 Å². The maximum absolute atomic E-state index is 13.8. The first-order valence-electron chi connectivity index (χ1n) is 10.5. The fourth-order valence-corrected chi connectivity index (χ4v) is 4.20. The van der Waals surface area contributed by atoms with Gasteiger partial charge in [-0.3, -0.25) is 4.79 Å². The zero-order valence-corrected chi connectivity index (χ0v) is 19.8. The third-order valence-electron chi connectivity index (χ3n) is 5.66. The molecule has 4 rings (SSSR count). The number of carbonyl (C=O) groups excluding carboxylic acids is 1. The van der Waals surface area contributed by atoms with Crippen LogP contribution in [0.25, 0.3) is 11.1 Å². The predicted octanol–water partition coefficient (Wildman–Crippen LogP) is 6.22. The number of ketones is 1. The van der Waals surface area contributed by atoms with Gasteiger partial charge in [0.2, 0.25) is 0 Å². The molecule has 0 N–H and O–H groups in total. The Balaban J connectivity index is 1.80. The van der Waals surface area contributed by atoms with Crippen LogP contribution in [0.1, 0.15) is 33.5 Å². The average Bonchev–Trinajstić information content (AvgIpc) is 2.86. The third-order valence-corrected chi connectivity index (χ3v) is 5.98. The van der Waals surface area contributed by atoms with Crippen molar-refractivity contribution >= 4 is 32.9 Å². The van der Waals surface area contributed by atoms with Crippen molar-refractivity contribution in [2.45, 2.75) is 12.8 Å². The molecule has 0 spiro atoms. The molecule has 0 aliphatic heterocycles. The number of Topliss-reactive ketones (excluding diaryl/α,β-unsaturated/α-hetero) is 1. The van der Waals surface area contributed by atoms with Gasteiger partial charge < -0.3 is 14.2 Å². The highest BCUT2D eigenvalue weighted by molar-refractivity contribution is 9.09. The Morgan fingerprint density at radius 1 is 0.844 bits per heavy atom. The number of alkyl halides is 1. The molecule has 4 nitrogen and oxygen atoms in total. The highest BCUT2D eigenvalue weighted by atomic mass is 79.9. The Morgan fingerprint density at radius 2 is 1.50 bits per heavy atom. The first-order chi connectivity index (χ1) is 15.6. The van der Waals surface area contributed by atoms with Gasteiger partial charge in [0.05, 0.1) is 20.8 Å². The van der Waals surface area contributed by atoms with Crippen molar-refractivity contribution in [3.8, 4) is 17.2 Å². The molecule has 0 fully saturated rings. The van der Waals surface area contributed by atoms with Crippen LogP contribution >= 0.6 is 15.9 Å². The molecular formula is C27H25BrO4. The van der Waals surface area contributed by atoms with Crippen molar-refractivity contribution < 1.29 is 19.0 Å². The number of halogens is 1. The van der Waals surface area contributed by atoms with E-state index in [0.29, 0.717) is 12.2 Å². The summed E-state index contributed by atoms with van der Waals surface area (Å²) in [7, 11) is 3.31. The molecule has 164 valence electrons. The van der Waals surface area contributed by atoms with Crippen LogP contribution < -0.4 is 14.2 Å². The molecule has 0 heterocycles. The smallest absolute Gasteiger partial charge is 0.193 e. The molecule has 0 aromatic heterocycles. The van der Waals surface area contributed by atoms with E-state index in [1.165, 1.54) is 0 Å². The SMILES string of the molecule is COc1ccc(C2=C(C(=O)c3ccc(OCCBr)cc3)c3ccc(OC)cc3CC2)cc1. The summed E-state index contributed by atoms with van der Waals surface area (Å²) in [5.41, 5.74) is 5.56. The average molecular weight is 493 g/mol. The van der Waals surface area contributed by atoms with Crippen LogP contribution in [-0.2, 0) is 6.42 Å². The van der Waals surface area contributed by atoms with Gasteiger partial charge in [0.15, 0.2) is 5.78 Å². The van der Waals surface area contributed by atoms with E-state index in [0.717, 1.165) is 63.3 Å². The van der Waals surface area contributed by atoms with E-state index in [-0.39, 0.29) is 5.78 Å². The van der Waals surface area contributed by atoms with Gasteiger partial charge in [-0.15, -0.1) is 0 Å². The predicted molar refractivity (Wildman–Crippen MR) is 131 cm³/mol. The molecule has 0 saturated carbocycles. The van der Waals surface area contributed by atoms with Crippen LogP contribution in [0.4, 0.5) is 0 Å². The van der Waals surface area contributed by atoms with E-state index < -0.39 is 0 Å². The van der Waals surface area contributed by atoms with Crippen LogP contribution in [0.3, 0.4) is 0 Å². The van der Waals surface area contributed by atoms with E-state index in [1.807, 2.05) is 66.7 Å². The van der Waals surface area contributed by atoms with E-state index in [9.17, 15) is 4.79 Å². The van der Waals surface area contributed by atoms with Crippen molar-refractivity contribution in [3.63, 3.8) is 0 Å². The fraction of sp³-hybridized carbons (Fsp3) is 0.222. The third kappa shape index (κ3) is 4.58. The van der Waals surface area contributed by atoms with Crippen molar-refractivity contribution in [2.75, 3.05) is 26.2 Å². The molecule has 32 heavy (non-hydrogen) atoms. The zero-order chi connectivity index (χ0) is 22.5. The summed E-state index contributed by atoms with van der Waals surface area (Å²) in [5.74, 6) is 2.35. The zero-order valence-electron chi connectivity index (χ0n) is 18.2. The fourth-order valence-electron chi connectivity index (χ4n) is 4.04. The lowest BCUT2D eigenvalue weighted by Gasteiger charge is -2.24.